The highest BCUT2D eigenvalue weighted by molar-refractivity contribution is 5.25. The van der Waals surface area contributed by atoms with Gasteiger partial charge in [0.2, 0.25) is 0 Å². The van der Waals surface area contributed by atoms with Gasteiger partial charge in [-0.1, -0.05) is 31.2 Å². The topological polar surface area (TPSA) is 15.3 Å². The van der Waals surface area contributed by atoms with Crippen LogP contribution < -0.4 is 5.32 Å². The molecule has 1 aliphatic rings. The van der Waals surface area contributed by atoms with Crippen LogP contribution in [0.5, 0.6) is 0 Å². The lowest BCUT2D eigenvalue weighted by Crippen LogP contribution is -2.54. The molecular weight excluding hydrogens is 220 g/mol. The van der Waals surface area contributed by atoms with Crippen LogP contribution in [0.1, 0.15) is 44.9 Å². The molecule has 3 unspecified atom stereocenters. The van der Waals surface area contributed by atoms with Crippen LogP contribution in [0.3, 0.4) is 0 Å². The first-order valence-corrected chi connectivity index (χ1v) is 7.19. The minimum absolute atomic E-state index is 0.517. The first-order chi connectivity index (χ1) is 8.60. The lowest BCUT2D eigenvalue weighted by atomic mass is 10.0. The normalized spacial score (nSPS) is 27.1. The summed E-state index contributed by atoms with van der Waals surface area (Å²) >= 11 is 0. The quantitative estimate of drug-likeness (QED) is 0.882. The van der Waals surface area contributed by atoms with Gasteiger partial charge in [-0.25, -0.2) is 0 Å². The predicted molar refractivity (Wildman–Crippen MR) is 77.9 cm³/mol. The summed E-state index contributed by atoms with van der Waals surface area (Å²) in [4.78, 5) is 2.59. The van der Waals surface area contributed by atoms with E-state index >= 15 is 0 Å². The molecule has 1 N–H and O–H groups in total. The first kappa shape index (κ1) is 13.6. The number of piperazine rings is 1. The Morgan fingerprint density at radius 2 is 1.72 bits per heavy atom. The first-order valence-electron chi connectivity index (χ1n) is 7.19. The zero-order valence-electron chi connectivity index (χ0n) is 12.1. The Balaban J connectivity index is 2.07. The second-order valence-electron chi connectivity index (χ2n) is 5.69. The molecule has 1 aromatic rings. The van der Waals surface area contributed by atoms with Crippen LogP contribution in [0.4, 0.5) is 0 Å². The molecular formula is C16H26N2. The number of nitrogens with zero attached hydrogens (tertiary/aromatic N) is 1. The average Bonchev–Trinajstić information content (AvgIpc) is 2.37. The third-order valence-corrected chi connectivity index (χ3v) is 4.00. The molecule has 0 spiro atoms. The van der Waals surface area contributed by atoms with Gasteiger partial charge in [0.25, 0.3) is 0 Å². The second-order valence-corrected chi connectivity index (χ2v) is 5.69. The van der Waals surface area contributed by atoms with E-state index in [1.54, 1.807) is 0 Å². The van der Waals surface area contributed by atoms with Gasteiger partial charge < -0.3 is 5.32 Å². The van der Waals surface area contributed by atoms with Gasteiger partial charge in [0.05, 0.1) is 0 Å². The van der Waals surface area contributed by atoms with Crippen molar-refractivity contribution >= 4 is 0 Å². The van der Waals surface area contributed by atoms with Gasteiger partial charge in [-0.2, -0.15) is 0 Å². The molecule has 0 bridgehead atoms. The minimum atomic E-state index is 0.517. The van der Waals surface area contributed by atoms with Gasteiger partial charge in [0.15, 0.2) is 0 Å². The van der Waals surface area contributed by atoms with E-state index in [-0.39, 0.29) is 0 Å². The second kappa shape index (κ2) is 5.85. The van der Waals surface area contributed by atoms with Gasteiger partial charge in [0, 0.05) is 31.2 Å². The van der Waals surface area contributed by atoms with Crippen LogP contribution in [0, 0.1) is 0 Å². The highest BCUT2D eigenvalue weighted by Gasteiger charge is 2.25. The van der Waals surface area contributed by atoms with E-state index < -0.39 is 0 Å². The highest BCUT2D eigenvalue weighted by Crippen LogP contribution is 2.23. The number of nitrogens with one attached hydrogen (secondary N) is 1. The fraction of sp³-hybridized carbons (Fsp3) is 0.625. The minimum Gasteiger partial charge on any atom is -0.309 e. The number of hydrogen-bond donors (Lipinski definition) is 1. The third kappa shape index (κ3) is 3.12. The number of hydrogen-bond acceptors (Lipinski definition) is 2. The molecule has 1 saturated heterocycles. The summed E-state index contributed by atoms with van der Waals surface area (Å²) in [5.41, 5.74) is 2.86. The molecule has 3 atom stereocenters. The number of rotatable bonds is 3. The van der Waals surface area contributed by atoms with Crippen LogP contribution in [-0.2, 0) is 6.42 Å². The maximum absolute atomic E-state index is 3.59. The largest absolute Gasteiger partial charge is 0.309 e. The van der Waals surface area contributed by atoms with Crippen molar-refractivity contribution in [2.75, 3.05) is 13.1 Å². The molecule has 1 aromatic carbocycles. The molecule has 0 amide bonds. The lowest BCUT2D eigenvalue weighted by Gasteiger charge is -2.39. The molecule has 1 fully saturated rings. The summed E-state index contributed by atoms with van der Waals surface area (Å²) in [6.07, 6.45) is 1.12. The Bertz CT molecular complexity index is 361. The molecule has 100 valence electrons. The van der Waals surface area contributed by atoms with Gasteiger partial charge in [-0.05, 0) is 38.3 Å². The molecule has 1 heterocycles. The summed E-state index contributed by atoms with van der Waals surface area (Å²) in [5, 5.41) is 3.59. The van der Waals surface area contributed by atoms with Crippen molar-refractivity contribution in [3.05, 3.63) is 35.4 Å². The summed E-state index contributed by atoms with van der Waals surface area (Å²) in [5.74, 6) is 0. The summed E-state index contributed by atoms with van der Waals surface area (Å²) in [7, 11) is 0. The third-order valence-electron chi connectivity index (χ3n) is 4.00. The maximum Gasteiger partial charge on any atom is 0.0321 e. The highest BCUT2D eigenvalue weighted by atomic mass is 15.2. The predicted octanol–water partition coefficient (Wildman–Crippen LogP) is 2.99. The van der Waals surface area contributed by atoms with Crippen molar-refractivity contribution in [2.45, 2.75) is 52.2 Å². The van der Waals surface area contributed by atoms with Crippen LogP contribution in [0.25, 0.3) is 0 Å². The summed E-state index contributed by atoms with van der Waals surface area (Å²) in [6, 6.07) is 10.8. The summed E-state index contributed by atoms with van der Waals surface area (Å²) in [6.45, 7) is 11.4. The zero-order valence-corrected chi connectivity index (χ0v) is 12.1. The molecule has 2 nitrogen and oxygen atoms in total. The van der Waals surface area contributed by atoms with Gasteiger partial charge in [0.1, 0.15) is 0 Å². The molecule has 0 saturated carbocycles. The van der Waals surface area contributed by atoms with Crippen LogP contribution in [0.15, 0.2) is 24.3 Å². The Hall–Kier alpha value is -0.860. The van der Waals surface area contributed by atoms with Crippen LogP contribution >= 0.6 is 0 Å². The van der Waals surface area contributed by atoms with Gasteiger partial charge in [-0.15, -0.1) is 0 Å². The van der Waals surface area contributed by atoms with Crippen molar-refractivity contribution in [1.29, 1.82) is 0 Å². The van der Waals surface area contributed by atoms with E-state index in [9.17, 15) is 0 Å². The molecule has 1 aliphatic heterocycles. The van der Waals surface area contributed by atoms with E-state index in [4.69, 9.17) is 0 Å². The van der Waals surface area contributed by atoms with E-state index in [1.807, 2.05) is 0 Å². The fourth-order valence-electron chi connectivity index (χ4n) is 2.93. The van der Waals surface area contributed by atoms with E-state index in [2.05, 4.69) is 62.2 Å². The smallest absolute Gasteiger partial charge is 0.0321 e. The van der Waals surface area contributed by atoms with E-state index in [0.29, 0.717) is 18.1 Å². The fourth-order valence-corrected chi connectivity index (χ4v) is 2.93. The van der Waals surface area contributed by atoms with Crippen molar-refractivity contribution in [1.82, 2.24) is 10.2 Å². The number of aryl methyl sites for hydroxylation is 1. The zero-order chi connectivity index (χ0) is 13.1. The monoisotopic (exact) mass is 246 g/mol. The molecule has 0 aliphatic carbocycles. The molecule has 18 heavy (non-hydrogen) atoms. The number of benzene rings is 1. The molecule has 0 aromatic heterocycles. The summed E-state index contributed by atoms with van der Waals surface area (Å²) < 4.78 is 0. The Morgan fingerprint density at radius 3 is 2.22 bits per heavy atom. The van der Waals surface area contributed by atoms with Crippen LogP contribution in [0.2, 0.25) is 0 Å². The molecule has 2 rings (SSSR count). The van der Waals surface area contributed by atoms with Gasteiger partial charge >= 0.3 is 0 Å². The van der Waals surface area contributed by atoms with Crippen molar-refractivity contribution in [2.24, 2.45) is 0 Å². The van der Waals surface area contributed by atoms with Gasteiger partial charge in [-0.3, -0.25) is 4.90 Å². The Morgan fingerprint density at radius 1 is 1.17 bits per heavy atom. The standard InChI is InChI=1S/C16H26N2/c1-5-15-6-8-16(9-7-15)14(4)18-10-12(2)17-13(3)11-18/h6-9,12-14,17H,5,10-11H2,1-4H3. The maximum atomic E-state index is 3.59. The Kier molecular flexibility index (Phi) is 4.41. The Labute approximate surface area is 111 Å². The van der Waals surface area contributed by atoms with E-state index in [1.165, 1.54) is 11.1 Å². The molecule has 2 heteroatoms. The van der Waals surface area contributed by atoms with Crippen molar-refractivity contribution in [3.8, 4) is 0 Å². The molecule has 0 radical (unpaired) electrons. The van der Waals surface area contributed by atoms with Crippen molar-refractivity contribution < 1.29 is 0 Å². The lowest BCUT2D eigenvalue weighted by molar-refractivity contribution is 0.131. The van der Waals surface area contributed by atoms with Crippen molar-refractivity contribution in [3.63, 3.8) is 0 Å². The average molecular weight is 246 g/mol. The van der Waals surface area contributed by atoms with Crippen LogP contribution in [-0.4, -0.2) is 30.1 Å². The SMILES string of the molecule is CCc1ccc(C(C)N2CC(C)NC(C)C2)cc1. The van der Waals surface area contributed by atoms with E-state index in [0.717, 1.165) is 19.5 Å².